The van der Waals surface area contributed by atoms with Crippen LogP contribution in [0.2, 0.25) is 0 Å². The molecular formula is C13H20N2O2S3. The second-order valence-corrected chi connectivity index (χ2v) is 9.93. The minimum absolute atomic E-state index is 0.383. The first kappa shape index (κ1) is 14.8. The molecule has 7 heteroatoms. The molecule has 1 saturated carbocycles. The van der Waals surface area contributed by atoms with Crippen LogP contribution in [-0.2, 0) is 16.6 Å². The monoisotopic (exact) mass is 332 g/mol. The molecular weight excluding hydrogens is 312 g/mol. The van der Waals surface area contributed by atoms with Crippen LogP contribution in [0, 0.1) is 0 Å². The van der Waals surface area contributed by atoms with Crippen molar-refractivity contribution in [3.05, 3.63) is 16.3 Å². The lowest BCUT2D eigenvalue weighted by Gasteiger charge is -2.29. The first-order valence-electron chi connectivity index (χ1n) is 6.98. The van der Waals surface area contributed by atoms with Gasteiger partial charge < -0.3 is 5.32 Å². The Kier molecular flexibility index (Phi) is 4.42. The summed E-state index contributed by atoms with van der Waals surface area (Å²) in [5.74, 6) is 0.890. The Hall–Kier alpha value is -0.0800. The van der Waals surface area contributed by atoms with Crippen LogP contribution in [0.4, 0.5) is 0 Å². The molecule has 0 aromatic carbocycles. The van der Waals surface area contributed by atoms with Crippen molar-refractivity contribution < 1.29 is 8.42 Å². The Morgan fingerprint density at radius 1 is 1.45 bits per heavy atom. The molecule has 4 nitrogen and oxygen atoms in total. The zero-order chi connectivity index (χ0) is 14.2. The third-order valence-corrected chi connectivity index (χ3v) is 7.68. The standard InChI is InChI=1S/C13H20N2O2S3/c1-10-8-15(4-5-18-10)20(16,17)13-6-12(19-9-13)7-14-11-2-3-11/h6,9-11,14H,2-5,7-8H2,1H3. The van der Waals surface area contributed by atoms with Gasteiger partial charge >= 0.3 is 0 Å². The first-order valence-corrected chi connectivity index (χ1v) is 10.3. The number of nitrogens with zero attached hydrogens (tertiary/aromatic N) is 1. The fourth-order valence-electron chi connectivity index (χ4n) is 2.27. The van der Waals surface area contributed by atoms with Gasteiger partial charge in [0.15, 0.2) is 0 Å². The molecule has 2 aliphatic rings. The predicted octanol–water partition coefficient (Wildman–Crippen LogP) is 2.13. The molecule has 1 aliphatic heterocycles. The molecule has 1 atom stereocenters. The smallest absolute Gasteiger partial charge is 0.243 e. The van der Waals surface area contributed by atoms with E-state index < -0.39 is 10.0 Å². The molecule has 1 aliphatic carbocycles. The zero-order valence-electron chi connectivity index (χ0n) is 11.5. The maximum absolute atomic E-state index is 12.6. The lowest BCUT2D eigenvalue weighted by molar-refractivity contribution is 0.424. The number of nitrogens with one attached hydrogen (secondary N) is 1. The molecule has 3 rings (SSSR count). The van der Waals surface area contributed by atoms with Crippen molar-refractivity contribution in [3.8, 4) is 0 Å². The van der Waals surface area contributed by atoms with Crippen LogP contribution >= 0.6 is 23.1 Å². The Labute approximate surface area is 129 Å². The molecule has 2 fully saturated rings. The maximum Gasteiger partial charge on any atom is 0.243 e. The highest BCUT2D eigenvalue weighted by Gasteiger charge is 2.29. The minimum Gasteiger partial charge on any atom is -0.309 e. The summed E-state index contributed by atoms with van der Waals surface area (Å²) < 4.78 is 26.8. The molecule has 112 valence electrons. The Balaban J connectivity index is 1.69. The lowest BCUT2D eigenvalue weighted by atomic mass is 10.4. The Morgan fingerprint density at radius 2 is 2.25 bits per heavy atom. The number of hydrogen-bond donors (Lipinski definition) is 1. The third kappa shape index (κ3) is 3.39. The quantitative estimate of drug-likeness (QED) is 0.897. The van der Waals surface area contributed by atoms with E-state index in [0.717, 1.165) is 17.2 Å². The Morgan fingerprint density at radius 3 is 2.95 bits per heavy atom. The van der Waals surface area contributed by atoms with Crippen LogP contribution in [0.25, 0.3) is 0 Å². The maximum atomic E-state index is 12.6. The van der Waals surface area contributed by atoms with E-state index >= 15 is 0 Å². The molecule has 2 heterocycles. The highest BCUT2D eigenvalue weighted by Crippen LogP contribution is 2.27. The van der Waals surface area contributed by atoms with Crippen LogP contribution in [0.1, 0.15) is 24.6 Å². The summed E-state index contributed by atoms with van der Waals surface area (Å²) in [6, 6.07) is 2.49. The van der Waals surface area contributed by atoms with E-state index in [-0.39, 0.29) is 0 Å². The largest absolute Gasteiger partial charge is 0.309 e. The van der Waals surface area contributed by atoms with Crippen molar-refractivity contribution in [2.45, 2.75) is 42.5 Å². The fraction of sp³-hybridized carbons (Fsp3) is 0.692. The van der Waals surface area contributed by atoms with Gasteiger partial charge in [0.25, 0.3) is 0 Å². The first-order chi connectivity index (χ1) is 9.55. The van der Waals surface area contributed by atoms with Gasteiger partial charge in [0.1, 0.15) is 0 Å². The summed E-state index contributed by atoms with van der Waals surface area (Å²) >= 11 is 3.38. The number of thiophene rings is 1. The molecule has 0 bridgehead atoms. The molecule has 1 aromatic rings. The Bertz CT molecular complexity index is 566. The summed E-state index contributed by atoms with van der Waals surface area (Å²) in [7, 11) is -3.29. The highest BCUT2D eigenvalue weighted by atomic mass is 32.2. The van der Waals surface area contributed by atoms with Gasteiger partial charge in [0.2, 0.25) is 10.0 Å². The van der Waals surface area contributed by atoms with E-state index in [4.69, 9.17) is 0 Å². The summed E-state index contributed by atoms with van der Waals surface area (Å²) in [4.78, 5) is 1.57. The molecule has 0 radical (unpaired) electrons. The highest BCUT2D eigenvalue weighted by molar-refractivity contribution is 8.00. The fourth-order valence-corrected chi connectivity index (χ4v) is 6.24. The summed E-state index contributed by atoms with van der Waals surface area (Å²) in [5.41, 5.74) is 0. The minimum atomic E-state index is -3.29. The molecule has 0 spiro atoms. The SMILES string of the molecule is CC1CN(S(=O)(=O)c2csc(CNC3CC3)c2)CCS1. The molecule has 1 aromatic heterocycles. The molecule has 1 saturated heterocycles. The van der Waals surface area contributed by atoms with Gasteiger partial charge in [-0.15, -0.1) is 11.3 Å². The van der Waals surface area contributed by atoms with Gasteiger partial charge in [-0.05, 0) is 18.9 Å². The van der Waals surface area contributed by atoms with Crippen LogP contribution in [-0.4, -0.2) is 42.9 Å². The number of thioether (sulfide) groups is 1. The van der Waals surface area contributed by atoms with Crippen molar-refractivity contribution in [1.82, 2.24) is 9.62 Å². The van der Waals surface area contributed by atoms with E-state index in [9.17, 15) is 8.42 Å². The third-order valence-electron chi connectivity index (χ3n) is 3.61. The summed E-state index contributed by atoms with van der Waals surface area (Å²) in [5, 5.41) is 5.59. The number of rotatable bonds is 5. The molecule has 0 amide bonds. The average Bonchev–Trinajstić information content (AvgIpc) is 3.12. The van der Waals surface area contributed by atoms with Gasteiger partial charge in [-0.3, -0.25) is 0 Å². The van der Waals surface area contributed by atoms with Crippen molar-refractivity contribution in [2.75, 3.05) is 18.8 Å². The van der Waals surface area contributed by atoms with Crippen molar-refractivity contribution in [3.63, 3.8) is 0 Å². The van der Waals surface area contributed by atoms with Gasteiger partial charge in [0.05, 0.1) is 4.90 Å². The van der Waals surface area contributed by atoms with Crippen LogP contribution in [0.3, 0.4) is 0 Å². The summed E-state index contributed by atoms with van der Waals surface area (Å²) in [6.45, 7) is 4.13. The second-order valence-electron chi connectivity index (χ2n) is 5.45. The normalized spacial score (nSPS) is 24.9. The summed E-state index contributed by atoms with van der Waals surface area (Å²) in [6.07, 6.45) is 2.50. The van der Waals surface area contributed by atoms with E-state index in [0.29, 0.717) is 29.3 Å². The molecule has 1 unspecified atom stereocenters. The van der Waals surface area contributed by atoms with Gasteiger partial charge in [-0.1, -0.05) is 6.92 Å². The van der Waals surface area contributed by atoms with E-state index in [1.165, 1.54) is 24.2 Å². The van der Waals surface area contributed by atoms with Gasteiger partial charge in [-0.25, -0.2) is 8.42 Å². The number of sulfonamides is 1. The van der Waals surface area contributed by atoms with Crippen molar-refractivity contribution in [2.24, 2.45) is 0 Å². The van der Waals surface area contributed by atoms with Crippen molar-refractivity contribution in [1.29, 1.82) is 0 Å². The molecule has 20 heavy (non-hydrogen) atoms. The van der Waals surface area contributed by atoms with Crippen LogP contribution < -0.4 is 5.32 Å². The predicted molar refractivity (Wildman–Crippen MR) is 84.9 cm³/mol. The van der Waals surface area contributed by atoms with E-state index in [1.807, 2.05) is 17.8 Å². The second kappa shape index (κ2) is 5.96. The van der Waals surface area contributed by atoms with Gasteiger partial charge in [0, 0.05) is 46.9 Å². The van der Waals surface area contributed by atoms with Crippen molar-refractivity contribution >= 4 is 33.1 Å². The van der Waals surface area contributed by atoms with Crippen LogP contribution in [0.15, 0.2) is 16.3 Å². The molecule has 1 N–H and O–H groups in total. The van der Waals surface area contributed by atoms with Gasteiger partial charge in [-0.2, -0.15) is 16.1 Å². The van der Waals surface area contributed by atoms with E-state index in [2.05, 4.69) is 12.2 Å². The average molecular weight is 333 g/mol. The van der Waals surface area contributed by atoms with E-state index in [1.54, 1.807) is 9.69 Å². The topological polar surface area (TPSA) is 49.4 Å². The number of hydrogen-bond acceptors (Lipinski definition) is 5. The van der Waals surface area contributed by atoms with Crippen LogP contribution in [0.5, 0.6) is 0 Å². The zero-order valence-corrected chi connectivity index (χ0v) is 14.0. The lowest BCUT2D eigenvalue weighted by Crippen LogP contribution is -2.40.